The quantitative estimate of drug-likeness (QED) is 0.740. The summed E-state index contributed by atoms with van der Waals surface area (Å²) in [5, 5.41) is 18.8. The zero-order chi connectivity index (χ0) is 11.8. The van der Waals surface area contributed by atoms with Gasteiger partial charge >= 0.3 is 0 Å². The topological polar surface area (TPSA) is 44.3 Å². The Labute approximate surface area is 100 Å². The summed E-state index contributed by atoms with van der Waals surface area (Å²) < 4.78 is 0. The van der Waals surface area contributed by atoms with E-state index in [2.05, 4.69) is 47.0 Å². The summed E-state index contributed by atoms with van der Waals surface area (Å²) >= 11 is 0. The van der Waals surface area contributed by atoms with Crippen molar-refractivity contribution in [3.8, 4) is 0 Å². The highest BCUT2D eigenvalue weighted by atomic mass is 16.3. The molecule has 3 heteroatoms. The van der Waals surface area contributed by atoms with Gasteiger partial charge in [0.15, 0.2) is 0 Å². The lowest BCUT2D eigenvalue weighted by Gasteiger charge is -2.30. The molecule has 0 aliphatic carbocycles. The lowest BCUT2D eigenvalue weighted by Crippen LogP contribution is -2.34. The molecule has 1 heterocycles. The highest BCUT2D eigenvalue weighted by molar-refractivity contribution is 6.04. The largest absolute Gasteiger partial charge is 0.393 e. The van der Waals surface area contributed by atoms with Gasteiger partial charge < -0.3 is 15.7 Å². The fourth-order valence-electron chi connectivity index (χ4n) is 2.45. The van der Waals surface area contributed by atoms with Crippen molar-refractivity contribution >= 4 is 22.1 Å². The molecule has 0 saturated heterocycles. The number of hydrogen-bond acceptors (Lipinski definition) is 3. The molecule has 1 aliphatic heterocycles. The van der Waals surface area contributed by atoms with Crippen molar-refractivity contribution in [2.24, 2.45) is 0 Å². The second-order valence-electron chi connectivity index (χ2n) is 4.64. The van der Waals surface area contributed by atoms with Gasteiger partial charge in [-0.05, 0) is 24.4 Å². The van der Waals surface area contributed by atoms with Crippen LogP contribution in [0.25, 0.3) is 10.8 Å². The molecule has 0 spiro atoms. The zero-order valence-electron chi connectivity index (χ0n) is 9.77. The van der Waals surface area contributed by atoms with E-state index in [9.17, 15) is 5.11 Å². The second-order valence-corrected chi connectivity index (χ2v) is 4.64. The highest BCUT2D eigenvalue weighted by Crippen LogP contribution is 2.35. The first-order valence-electron chi connectivity index (χ1n) is 5.97. The van der Waals surface area contributed by atoms with Gasteiger partial charge in [-0.25, -0.2) is 0 Å². The first-order valence-corrected chi connectivity index (χ1v) is 5.97. The first kappa shape index (κ1) is 10.4. The summed E-state index contributed by atoms with van der Waals surface area (Å²) in [5.74, 6) is 0. The van der Waals surface area contributed by atoms with Gasteiger partial charge in [-0.15, -0.1) is 0 Å². The minimum Gasteiger partial charge on any atom is -0.393 e. The molecule has 0 fully saturated rings. The lowest BCUT2D eigenvalue weighted by atomic mass is 10.0. The predicted octanol–water partition coefficient (Wildman–Crippen LogP) is 2.77. The third-order valence-electron chi connectivity index (χ3n) is 3.14. The smallest absolute Gasteiger partial charge is 0.0988 e. The standard InChI is InChI=1S/C14H16N2O/c1-9(17)8-13-15-11-6-2-4-10-5-3-7-12(16-13)14(10)11/h2-7,9,13,15-17H,8H2,1H3. The maximum Gasteiger partial charge on any atom is 0.0988 e. The molecule has 2 aromatic carbocycles. The molecule has 0 radical (unpaired) electrons. The summed E-state index contributed by atoms with van der Waals surface area (Å²) in [5.41, 5.74) is 2.28. The Kier molecular flexibility index (Phi) is 2.41. The Balaban J connectivity index is 2.05. The van der Waals surface area contributed by atoms with Gasteiger partial charge in [0, 0.05) is 23.2 Å². The van der Waals surface area contributed by atoms with E-state index >= 15 is 0 Å². The minimum absolute atomic E-state index is 0.0931. The van der Waals surface area contributed by atoms with E-state index in [1.165, 1.54) is 10.8 Å². The van der Waals surface area contributed by atoms with E-state index in [1.54, 1.807) is 0 Å². The van der Waals surface area contributed by atoms with Crippen LogP contribution in [-0.2, 0) is 0 Å². The number of hydrogen-bond donors (Lipinski definition) is 3. The lowest BCUT2D eigenvalue weighted by molar-refractivity contribution is 0.180. The monoisotopic (exact) mass is 228 g/mol. The Morgan fingerprint density at radius 2 is 1.71 bits per heavy atom. The van der Waals surface area contributed by atoms with Gasteiger partial charge in [0.2, 0.25) is 0 Å². The molecule has 88 valence electrons. The average Bonchev–Trinajstić information content (AvgIpc) is 2.28. The van der Waals surface area contributed by atoms with Gasteiger partial charge in [0.25, 0.3) is 0 Å². The van der Waals surface area contributed by atoms with Crippen LogP contribution < -0.4 is 10.6 Å². The third kappa shape index (κ3) is 1.83. The van der Waals surface area contributed by atoms with E-state index in [-0.39, 0.29) is 12.3 Å². The van der Waals surface area contributed by atoms with Crippen molar-refractivity contribution in [3.05, 3.63) is 36.4 Å². The molecule has 1 atom stereocenters. The summed E-state index contributed by atoms with van der Waals surface area (Å²) in [7, 11) is 0. The van der Waals surface area contributed by atoms with Crippen LogP contribution in [0.4, 0.5) is 11.4 Å². The van der Waals surface area contributed by atoms with Crippen LogP contribution in [0.5, 0.6) is 0 Å². The van der Waals surface area contributed by atoms with Gasteiger partial charge in [-0.2, -0.15) is 0 Å². The summed E-state index contributed by atoms with van der Waals surface area (Å²) in [4.78, 5) is 0. The Bertz CT molecular complexity index is 510. The maximum absolute atomic E-state index is 9.47. The zero-order valence-corrected chi connectivity index (χ0v) is 9.77. The van der Waals surface area contributed by atoms with Crippen LogP contribution in [0.2, 0.25) is 0 Å². The molecule has 2 aromatic rings. The molecule has 0 saturated carbocycles. The number of aliphatic hydroxyl groups is 1. The van der Waals surface area contributed by atoms with Crippen molar-refractivity contribution < 1.29 is 5.11 Å². The Morgan fingerprint density at radius 3 is 2.24 bits per heavy atom. The van der Waals surface area contributed by atoms with Crippen LogP contribution in [0.1, 0.15) is 13.3 Å². The first-order chi connectivity index (χ1) is 8.24. The number of anilines is 2. The van der Waals surface area contributed by atoms with Crippen LogP contribution in [0.15, 0.2) is 36.4 Å². The number of nitrogens with one attached hydrogen (secondary N) is 2. The van der Waals surface area contributed by atoms with Gasteiger partial charge in [-0.3, -0.25) is 0 Å². The molecule has 3 rings (SSSR count). The van der Waals surface area contributed by atoms with Crippen LogP contribution in [0, 0.1) is 0 Å². The van der Waals surface area contributed by atoms with E-state index in [0.29, 0.717) is 6.42 Å². The highest BCUT2D eigenvalue weighted by Gasteiger charge is 2.19. The third-order valence-corrected chi connectivity index (χ3v) is 3.14. The molecule has 0 amide bonds. The average molecular weight is 228 g/mol. The molecule has 0 bridgehead atoms. The molecule has 1 aliphatic rings. The molecule has 3 N–H and O–H groups in total. The molecular weight excluding hydrogens is 212 g/mol. The number of benzene rings is 2. The molecule has 17 heavy (non-hydrogen) atoms. The van der Waals surface area contributed by atoms with Crippen molar-refractivity contribution in [1.82, 2.24) is 0 Å². The summed E-state index contributed by atoms with van der Waals surface area (Å²) in [6.07, 6.45) is 0.463. The van der Waals surface area contributed by atoms with Crippen LogP contribution in [0.3, 0.4) is 0 Å². The van der Waals surface area contributed by atoms with E-state index in [4.69, 9.17) is 0 Å². The molecule has 1 unspecified atom stereocenters. The summed E-state index contributed by atoms with van der Waals surface area (Å²) in [6.45, 7) is 1.81. The van der Waals surface area contributed by atoms with Crippen molar-refractivity contribution in [2.45, 2.75) is 25.6 Å². The SMILES string of the molecule is CC(O)CC1Nc2cccc3cccc(c23)N1. The summed E-state index contributed by atoms with van der Waals surface area (Å²) in [6, 6.07) is 12.5. The predicted molar refractivity (Wildman–Crippen MR) is 71.3 cm³/mol. The van der Waals surface area contributed by atoms with Crippen molar-refractivity contribution in [1.29, 1.82) is 0 Å². The molecular formula is C14H16N2O. The maximum atomic E-state index is 9.47. The van der Waals surface area contributed by atoms with Crippen molar-refractivity contribution in [3.63, 3.8) is 0 Å². The molecule has 3 nitrogen and oxygen atoms in total. The van der Waals surface area contributed by atoms with E-state index < -0.39 is 0 Å². The normalized spacial score (nSPS) is 16.4. The van der Waals surface area contributed by atoms with Gasteiger partial charge in [-0.1, -0.05) is 24.3 Å². The van der Waals surface area contributed by atoms with Crippen LogP contribution >= 0.6 is 0 Å². The fourth-order valence-corrected chi connectivity index (χ4v) is 2.45. The van der Waals surface area contributed by atoms with Gasteiger partial charge in [0.1, 0.15) is 0 Å². The second kappa shape index (κ2) is 3.93. The number of aliphatic hydroxyl groups excluding tert-OH is 1. The molecule has 0 aromatic heterocycles. The van der Waals surface area contributed by atoms with E-state index in [0.717, 1.165) is 11.4 Å². The number of rotatable bonds is 2. The Hall–Kier alpha value is -1.74. The van der Waals surface area contributed by atoms with Gasteiger partial charge in [0.05, 0.1) is 12.3 Å². The Morgan fingerprint density at radius 1 is 1.12 bits per heavy atom. The minimum atomic E-state index is -0.315. The fraction of sp³-hybridized carbons (Fsp3) is 0.286. The van der Waals surface area contributed by atoms with Crippen molar-refractivity contribution in [2.75, 3.05) is 10.6 Å². The van der Waals surface area contributed by atoms with Crippen LogP contribution in [-0.4, -0.2) is 17.4 Å². The van der Waals surface area contributed by atoms with E-state index in [1.807, 2.05) is 6.92 Å².